The normalized spacial score (nSPS) is 20.8. The van der Waals surface area contributed by atoms with Crippen LogP contribution in [-0.4, -0.2) is 42.7 Å². The third kappa shape index (κ3) is 5.76. The van der Waals surface area contributed by atoms with Crippen molar-refractivity contribution in [3.8, 4) is 0 Å². The molecule has 0 aromatic heterocycles. The quantitative estimate of drug-likeness (QED) is 0.419. The number of rotatable bonds is 6. The molecule has 1 fully saturated rings. The summed E-state index contributed by atoms with van der Waals surface area (Å²) in [6, 6.07) is 8.46. The molecule has 2 atom stereocenters. The van der Waals surface area contributed by atoms with Crippen LogP contribution in [0.4, 0.5) is 5.69 Å². The number of benzene rings is 1. The molecule has 0 amide bonds. The van der Waals surface area contributed by atoms with Gasteiger partial charge in [-0.2, -0.15) is 5.10 Å². The predicted octanol–water partition coefficient (Wildman–Crippen LogP) is 2.49. The van der Waals surface area contributed by atoms with Gasteiger partial charge in [-0.05, 0) is 48.7 Å². The first-order valence-electron chi connectivity index (χ1n) is 8.62. The highest BCUT2D eigenvalue weighted by Gasteiger charge is 2.21. The number of nitrogens with zero attached hydrogens (tertiary/aromatic N) is 2. The van der Waals surface area contributed by atoms with E-state index in [1.165, 1.54) is 25.7 Å². The average Bonchev–Trinajstić information content (AvgIpc) is 2.58. The number of aliphatic hydroxyl groups excluding tert-OH is 1. The van der Waals surface area contributed by atoms with Gasteiger partial charge in [-0.1, -0.05) is 31.9 Å². The number of likely N-dealkylation sites (N-methyl/N-ethyl adjacent to an activating group) is 1. The number of anilines is 1. The number of aliphatic hydroxyl groups is 1. The second-order valence-corrected chi connectivity index (χ2v) is 6.86. The van der Waals surface area contributed by atoms with Crippen molar-refractivity contribution in [1.82, 2.24) is 10.7 Å². The summed E-state index contributed by atoms with van der Waals surface area (Å²) in [5.74, 6) is 0.658. The van der Waals surface area contributed by atoms with Crippen LogP contribution in [0.5, 0.6) is 0 Å². The summed E-state index contributed by atoms with van der Waals surface area (Å²) in [5, 5.41) is 17.1. The molecule has 0 aliphatic heterocycles. The summed E-state index contributed by atoms with van der Waals surface area (Å²) < 4.78 is 0. The minimum absolute atomic E-state index is 0.147. The van der Waals surface area contributed by atoms with Gasteiger partial charge in [-0.25, -0.2) is 0 Å². The predicted molar refractivity (Wildman–Crippen MR) is 105 cm³/mol. The molecule has 2 rings (SSSR count). The number of hydrazone groups is 1. The molecule has 0 unspecified atom stereocenters. The Balaban J connectivity index is 1.79. The smallest absolute Gasteiger partial charge is 0.187 e. The zero-order chi connectivity index (χ0) is 17.4. The van der Waals surface area contributed by atoms with Crippen LogP contribution >= 0.6 is 12.2 Å². The molecule has 0 radical (unpaired) electrons. The van der Waals surface area contributed by atoms with Crippen LogP contribution in [-0.2, 0) is 0 Å². The summed E-state index contributed by atoms with van der Waals surface area (Å²) in [7, 11) is 1.96. The van der Waals surface area contributed by atoms with Crippen molar-refractivity contribution in [2.75, 3.05) is 25.1 Å². The van der Waals surface area contributed by atoms with E-state index >= 15 is 0 Å². The first-order chi connectivity index (χ1) is 11.6. The number of thiocarbonyl (C=S) groups is 1. The molecule has 1 saturated carbocycles. The Bertz CT molecular complexity index is 546. The molecule has 132 valence electrons. The highest BCUT2D eigenvalue weighted by Crippen LogP contribution is 2.23. The zero-order valence-corrected chi connectivity index (χ0v) is 15.4. The zero-order valence-electron chi connectivity index (χ0n) is 14.5. The Labute approximate surface area is 150 Å². The minimum Gasteiger partial charge on any atom is -0.395 e. The van der Waals surface area contributed by atoms with Gasteiger partial charge in [0.15, 0.2) is 5.11 Å². The van der Waals surface area contributed by atoms with Crippen LogP contribution in [0.25, 0.3) is 0 Å². The number of hydrogen-bond donors (Lipinski definition) is 3. The molecular weight excluding hydrogens is 320 g/mol. The third-order valence-electron chi connectivity index (χ3n) is 4.58. The van der Waals surface area contributed by atoms with Crippen molar-refractivity contribution < 1.29 is 5.11 Å². The molecular formula is C18H28N4OS. The summed E-state index contributed by atoms with van der Waals surface area (Å²) in [6.45, 7) is 3.04. The van der Waals surface area contributed by atoms with E-state index in [1.807, 2.05) is 36.2 Å². The van der Waals surface area contributed by atoms with Gasteiger partial charge in [0.25, 0.3) is 0 Å². The largest absolute Gasteiger partial charge is 0.395 e. The summed E-state index contributed by atoms with van der Waals surface area (Å²) in [6.07, 6.45) is 6.79. The maximum absolute atomic E-state index is 8.97. The van der Waals surface area contributed by atoms with E-state index in [4.69, 9.17) is 17.3 Å². The van der Waals surface area contributed by atoms with Crippen molar-refractivity contribution in [2.24, 2.45) is 11.0 Å². The second-order valence-electron chi connectivity index (χ2n) is 6.45. The van der Waals surface area contributed by atoms with E-state index in [0.717, 1.165) is 11.3 Å². The first-order valence-corrected chi connectivity index (χ1v) is 9.02. The van der Waals surface area contributed by atoms with Crippen LogP contribution in [0, 0.1) is 5.92 Å². The molecule has 1 aromatic rings. The summed E-state index contributed by atoms with van der Waals surface area (Å²) in [5.41, 5.74) is 4.97. The van der Waals surface area contributed by atoms with Crippen molar-refractivity contribution >= 4 is 29.2 Å². The average molecular weight is 349 g/mol. The van der Waals surface area contributed by atoms with Crippen LogP contribution in [0.15, 0.2) is 29.4 Å². The Morgan fingerprint density at radius 3 is 2.71 bits per heavy atom. The minimum atomic E-state index is 0.147. The van der Waals surface area contributed by atoms with Crippen LogP contribution in [0.1, 0.15) is 38.2 Å². The molecule has 3 N–H and O–H groups in total. The van der Waals surface area contributed by atoms with Gasteiger partial charge in [-0.15, -0.1) is 0 Å². The van der Waals surface area contributed by atoms with Gasteiger partial charge in [0.05, 0.1) is 12.8 Å². The van der Waals surface area contributed by atoms with E-state index in [9.17, 15) is 0 Å². The lowest BCUT2D eigenvalue weighted by atomic mass is 9.86. The van der Waals surface area contributed by atoms with Gasteiger partial charge >= 0.3 is 0 Å². The van der Waals surface area contributed by atoms with Crippen molar-refractivity contribution in [1.29, 1.82) is 0 Å². The fourth-order valence-electron chi connectivity index (χ4n) is 2.99. The van der Waals surface area contributed by atoms with Gasteiger partial charge in [-0.3, -0.25) is 5.43 Å². The van der Waals surface area contributed by atoms with Gasteiger partial charge < -0.3 is 15.3 Å². The molecule has 0 saturated heterocycles. The fraction of sp³-hybridized carbons (Fsp3) is 0.556. The molecule has 0 spiro atoms. The van der Waals surface area contributed by atoms with E-state index in [-0.39, 0.29) is 6.61 Å². The van der Waals surface area contributed by atoms with E-state index in [2.05, 4.69) is 22.8 Å². The van der Waals surface area contributed by atoms with E-state index in [0.29, 0.717) is 23.6 Å². The van der Waals surface area contributed by atoms with E-state index < -0.39 is 0 Å². The first kappa shape index (κ1) is 18.7. The van der Waals surface area contributed by atoms with Crippen molar-refractivity contribution in [2.45, 2.75) is 38.6 Å². The monoisotopic (exact) mass is 348 g/mol. The summed E-state index contributed by atoms with van der Waals surface area (Å²) in [4.78, 5) is 2.00. The number of nitrogens with one attached hydrogen (secondary N) is 2. The molecule has 24 heavy (non-hydrogen) atoms. The van der Waals surface area contributed by atoms with Crippen LogP contribution in [0.2, 0.25) is 0 Å². The van der Waals surface area contributed by atoms with E-state index in [1.54, 1.807) is 6.21 Å². The Morgan fingerprint density at radius 1 is 1.33 bits per heavy atom. The van der Waals surface area contributed by atoms with Crippen LogP contribution in [0.3, 0.4) is 0 Å². The lowest BCUT2D eigenvalue weighted by Gasteiger charge is -2.30. The maximum atomic E-state index is 8.97. The molecule has 1 aliphatic carbocycles. The molecule has 6 heteroatoms. The highest BCUT2D eigenvalue weighted by atomic mass is 32.1. The Hall–Kier alpha value is -1.66. The lowest BCUT2D eigenvalue weighted by Crippen LogP contribution is -2.44. The van der Waals surface area contributed by atoms with Crippen molar-refractivity contribution in [3.05, 3.63) is 29.8 Å². The summed E-state index contributed by atoms with van der Waals surface area (Å²) >= 11 is 5.32. The molecule has 1 aliphatic rings. The fourth-order valence-corrected chi connectivity index (χ4v) is 3.19. The third-order valence-corrected chi connectivity index (χ3v) is 4.79. The SMILES string of the molecule is C[C@@H]1CCCC[C@@H]1NC(=S)N/N=C\c1ccc(N(C)CCO)cc1. The molecule has 1 aromatic carbocycles. The second kappa shape index (κ2) is 9.59. The Kier molecular flexibility index (Phi) is 7.46. The molecule has 5 nitrogen and oxygen atoms in total. The lowest BCUT2D eigenvalue weighted by molar-refractivity contribution is 0.304. The van der Waals surface area contributed by atoms with Gasteiger partial charge in [0.1, 0.15) is 0 Å². The topological polar surface area (TPSA) is 59.9 Å². The highest BCUT2D eigenvalue weighted by molar-refractivity contribution is 7.80. The Morgan fingerprint density at radius 2 is 2.04 bits per heavy atom. The standard InChI is InChI=1S/C18H28N4OS/c1-14-5-3-4-6-17(14)20-18(24)21-19-13-15-7-9-16(10-8-15)22(2)11-12-23/h7-10,13-14,17,23H,3-6,11-12H2,1-2H3,(H2,20,21,24)/b19-13-/t14-,17+/m1/s1. The molecule has 0 heterocycles. The maximum Gasteiger partial charge on any atom is 0.187 e. The van der Waals surface area contributed by atoms with Gasteiger partial charge in [0, 0.05) is 25.3 Å². The van der Waals surface area contributed by atoms with Gasteiger partial charge in [0.2, 0.25) is 0 Å². The van der Waals surface area contributed by atoms with Crippen LogP contribution < -0.4 is 15.6 Å². The number of hydrogen-bond acceptors (Lipinski definition) is 4. The molecule has 0 bridgehead atoms. The van der Waals surface area contributed by atoms with Crippen molar-refractivity contribution in [3.63, 3.8) is 0 Å².